The monoisotopic (exact) mass is 378 g/mol. The minimum atomic E-state index is 0.0531. The second-order valence-electron chi connectivity index (χ2n) is 6.08. The Labute approximate surface area is 160 Å². The number of nitrogens with one attached hydrogen (secondary N) is 1. The van der Waals surface area contributed by atoms with Gasteiger partial charge < -0.3 is 5.32 Å². The van der Waals surface area contributed by atoms with Crippen LogP contribution in [0.5, 0.6) is 0 Å². The fraction of sp³-hybridized carbons (Fsp3) is 0.143. The quantitative estimate of drug-likeness (QED) is 0.480. The third-order valence-corrected chi connectivity index (χ3v) is 6.08. The number of aromatic nitrogens is 1. The first-order valence-electron chi connectivity index (χ1n) is 8.52. The second kappa shape index (κ2) is 7.81. The predicted octanol–water partition coefficient (Wildman–Crippen LogP) is 5.52. The van der Waals surface area contributed by atoms with E-state index in [1.807, 2.05) is 41.8 Å². The Bertz CT molecular complexity index is 971. The lowest BCUT2D eigenvalue weighted by molar-refractivity contribution is -0.116. The predicted molar refractivity (Wildman–Crippen MR) is 110 cm³/mol. The van der Waals surface area contributed by atoms with E-state index in [0.717, 1.165) is 29.1 Å². The summed E-state index contributed by atoms with van der Waals surface area (Å²) in [5.74, 6) is 0.0531. The highest BCUT2D eigenvalue weighted by molar-refractivity contribution is 7.18. The van der Waals surface area contributed by atoms with Gasteiger partial charge in [0.15, 0.2) is 0 Å². The number of rotatable bonds is 6. The number of para-hydroxylation sites is 1. The number of thiazole rings is 1. The smallest absolute Gasteiger partial charge is 0.224 e. The molecule has 2 aromatic heterocycles. The molecule has 4 aromatic rings. The lowest BCUT2D eigenvalue weighted by Crippen LogP contribution is -2.12. The van der Waals surface area contributed by atoms with Crippen LogP contribution in [0.1, 0.15) is 21.9 Å². The highest BCUT2D eigenvalue weighted by atomic mass is 32.1. The average molecular weight is 379 g/mol. The molecule has 0 saturated heterocycles. The molecule has 0 saturated carbocycles. The number of fused-ring (bicyclic) bond motifs is 1. The molecule has 0 aliphatic heterocycles. The van der Waals surface area contributed by atoms with Crippen molar-refractivity contribution in [3.8, 4) is 0 Å². The molecule has 5 heteroatoms. The van der Waals surface area contributed by atoms with Crippen LogP contribution in [-0.4, -0.2) is 10.9 Å². The molecule has 0 aliphatic rings. The third kappa shape index (κ3) is 4.18. The number of anilines is 1. The molecular formula is C21H18N2OS2. The van der Waals surface area contributed by atoms with E-state index in [1.165, 1.54) is 15.1 Å². The lowest BCUT2D eigenvalue weighted by Gasteiger charge is -2.06. The molecule has 0 spiro atoms. The Balaban J connectivity index is 1.34. The zero-order chi connectivity index (χ0) is 17.8. The maximum absolute atomic E-state index is 12.1. The van der Waals surface area contributed by atoms with E-state index in [-0.39, 0.29) is 5.91 Å². The van der Waals surface area contributed by atoms with E-state index in [0.29, 0.717) is 6.42 Å². The third-order valence-electron chi connectivity index (χ3n) is 4.11. The van der Waals surface area contributed by atoms with Crippen molar-refractivity contribution in [3.05, 3.63) is 81.5 Å². The average Bonchev–Trinajstić information content (AvgIpc) is 3.30. The molecule has 2 heterocycles. The Kier molecular flexibility index (Phi) is 5.09. The number of hydrogen-bond acceptors (Lipinski definition) is 4. The molecular weight excluding hydrogens is 360 g/mol. The fourth-order valence-corrected chi connectivity index (χ4v) is 4.50. The number of thiophene rings is 1. The molecule has 0 fully saturated rings. The lowest BCUT2D eigenvalue weighted by atomic mass is 10.1. The Morgan fingerprint density at radius 1 is 1.00 bits per heavy atom. The number of amides is 1. The van der Waals surface area contributed by atoms with Crippen LogP contribution in [0.2, 0.25) is 0 Å². The zero-order valence-corrected chi connectivity index (χ0v) is 15.8. The van der Waals surface area contributed by atoms with Crippen LogP contribution in [0, 0.1) is 0 Å². The van der Waals surface area contributed by atoms with E-state index in [2.05, 4.69) is 34.6 Å². The van der Waals surface area contributed by atoms with Gasteiger partial charge in [0.2, 0.25) is 5.91 Å². The standard InChI is InChI=1S/C21H18N2OS2/c24-20(12-11-17-4-3-13-25-17)22-16-9-7-15(8-10-16)14-21-23-18-5-1-2-6-19(18)26-21/h1-10,13H,11-12,14H2,(H,22,24). The van der Waals surface area contributed by atoms with Gasteiger partial charge in [-0.05, 0) is 47.7 Å². The molecule has 0 radical (unpaired) electrons. The van der Waals surface area contributed by atoms with Gasteiger partial charge in [0, 0.05) is 23.4 Å². The molecule has 26 heavy (non-hydrogen) atoms. The molecule has 0 bridgehead atoms. The summed E-state index contributed by atoms with van der Waals surface area (Å²) in [5, 5.41) is 6.12. The van der Waals surface area contributed by atoms with Gasteiger partial charge in [-0.25, -0.2) is 4.98 Å². The van der Waals surface area contributed by atoms with Crippen molar-refractivity contribution in [1.29, 1.82) is 0 Å². The summed E-state index contributed by atoms with van der Waals surface area (Å²) in [6.07, 6.45) is 2.11. The van der Waals surface area contributed by atoms with Crippen LogP contribution in [0.3, 0.4) is 0 Å². The van der Waals surface area contributed by atoms with E-state index < -0.39 is 0 Å². The summed E-state index contributed by atoms with van der Waals surface area (Å²) in [6, 6.07) is 20.3. The fourth-order valence-electron chi connectivity index (χ4n) is 2.79. The van der Waals surface area contributed by atoms with Crippen molar-refractivity contribution in [3.63, 3.8) is 0 Å². The van der Waals surface area contributed by atoms with Crippen molar-refractivity contribution >= 4 is 44.5 Å². The molecule has 2 aromatic carbocycles. The highest BCUT2D eigenvalue weighted by Crippen LogP contribution is 2.24. The van der Waals surface area contributed by atoms with E-state index in [1.54, 1.807) is 22.7 Å². The minimum absolute atomic E-state index is 0.0531. The normalized spacial score (nSPS) is 10.9. The van der Waals surface area contributed by atoms with Crippen LogP contribution >= 0.6 is 22.7 Å². The largest absolute Gasteiger partial charge is 0.326 e. The number of hydrogen-bond donors (Lipinski definition) is 1. The summed E-state index contributed by atoms with van der Waals surface area (Å²) in [4.78, 5) is 18.0. The van der Waals surface area contributed by atoms with E-state index >= 15 is 0 Å². The van der Waals surface area contributed by atoms with Gasteiger partial charge in [0.25, 0.3) is 0 Å². The Morgan fingerprint density at radius 3 is 2.62 bits per heavy atom. The summed E-state index contributed by atoms with van der Waals surface area (Å²) in [5.41, 5.74) is 3.09. The van der Waals surface area contributed by atoms with E-state index in [9.17, 15) is 4.79 Å². The number of carbonyl (C=O) groups is 1. The van der Waals surface area contributed by atoms with Crippen molar-refractivity contribution in [2.45, 2.75) is 19.3 Å². The number of carbonyl (C=O) groups excluding carboxylic acids is 1. The number of nitrogens with zero attached hydrogens (tertiary/aromatic N) is 1. The van der Waals surface area contributed by atoms with Gasteiger partial charge in [-0.15, -0.1) is 22.7 Å². The summed E-state index contributed by atoms with van der Waals surface area (Å²) in [7, 11) is 0. The minimum Gasteiger partial charge on any atom is -0.326 e. The summed E-state index contributed by atoms with van der Waals surface area (Å²) in [6.45, 7) is 0. The first-order valence-corrected chi connectivity index (χ1v) is 10.2. The van der Waals surface area contributed by atoms with Gasteiger partial charge in [-0.3, -0.25) is 4.79 Å². The molecule has 130 valence electrons. The van der Waals surface area contributed by atoms with Crippen LogP contribution in [0.25, 0.3) is 10.2 Å². The zero-order valence-electron chi connectivity index (χ0n) is 14.1. The molecule has 0 unspecified atom stereocenters. The number of benzene rings is 2. The van der Waals surface area contributed by atoms with Crippen molar-refractivity contribution < 1.29 is 4.79 Å². The maximum Gasteiger partial charge on any atom is 0.224 e. The Hall–Kier alpha value is -2.50. The molecule has 3 nitrogen and oxygen atoms in total. The molecule has 0 aliphatic carbocycles. The topological polar surface area (TPSA) is 42.0 Å². The van der Waals surface area contributed by atoms with Gasteiger partial charge in [0.1, 0.15) is 0 Å². The van der Waals surface area contributed by atoms with Gasteiger partial charge in [0.05, 0.1) is 15.2 Å². The molecule has 4 rings (SSSR count). The first-order chi connectivity index (χ1) is 12.8. The van der Waals surface area contributed by atoms with Crippen LogP contribution in [0.4, 0.5) is 5.69 Å². The van der Waals surface area contributed by atoms with Gasteiger partial charge >= 0.3 is 0 Å². The van der Waals surface area contributed by atoms with Crippen molar-refractivity contribution in [2.24, 2.45) is 0 Å². The van der Waals surface area contributed by atoms with Crippen LogP contribution in [-0.2, 0) is 17.6 Å². The SMILES string of the molecule is O=C(CCc1cccs1)Nc1ccc(Cc2nc3ccccc3s2)cc1. The van der Waals surface area contributed by atoms with Gasteiger partial charge in [-0.2, -0.15) is 0 Å². The van der Waals surface area contributed by atoms with Crippen LogP contribution < -0.4 is 5.32 Å². The molecule has 1 amide bonds. The molecule has 0 atom stereocenters. The summed E-state index contributed by atoms with van der Waals surface area (Å²) < 4.78 is 1.22. The summed E-state index contributed by atoms with van der Waals surface area (Å²) >= 11 is 3.42. The van der Waals surface area contributed by atoms with E-state index in [4.69, 9.17) is 0 Å². The number of aryl methyl sites for hydroxylation is 1. The highest BCUT2D eigenvalue weighted by Gasteiger charge is 2.06. The maximum atomic E-state index is 12.1. The van der Waals surface area contributed by atoms with Crippen molar-refractivity contribution in [1.82, 2.24) is 4.98 Å². The Morgan fingerprint density at radius 2 is 1.85 bits per heavy atom. The van der Waals surface area contributed by atoms with Crippen LogP contribution in [0.15, 0.2) is 66.0 Å². The van der Waals surface area contributed by atoms with Crippen molar-refractivity contribution in [2.75, 3.05) is 5.32 Å². The first kappa shape index (κ1) is 16.9. The van der Waals surface area contributed by atoms with Gasteiger partial charge in [-0.1, -0.05) is 30.3 Å². The second-order valence-corrected chi connectivity index (χ2v) is 8.22. The molecule has 1 N–H and O–H groups in total.